The molecule has 1 aromatic heterocycles. The van der Waals surface area contributed by atoms with Gasteiger partial charge in [-0.3, -0.25) is 13.9 Å². The zero-order valence-corrected chi connectivity index (χ0v) is 18.5. The molecule has 0 saturated carbocycles. The SMILES string of the molecule is CCCn1c(=O)n(CC(=O)N2CCC[C@@H]2c2ccc3c(c2)OCCCO3)c2ccccc21. The van der Waals surface area contributed by atoms with Gasteiger partial charge in [0.05, 0.1) is 30.3 Å². The van der Waals surface area contributed by atoms with E-state index in [2.05, 4.69) is 0 Å². The Morgan fingerprint density at radius 1 is 1.00 bits per heavy atom. The number of likely N-dealkylation sites (tertiary alicyclic amines) is 1. The first-order chi connectivity index (χ1) is 15.7. The fourth-order valence-electron chi connectivity index (χ4n) is 4.89. The van der Waals surface area contributed by atoms with Crippen molar-refractivity contribution in [3.05, 3.63) is 58.5 Å². The maximum Gasteiger partial charge on any atom is 0.329 e. The van der Waals surface area contributed by atoms with Crippen molar-refractivity contribution in [1.82, 2.24) is 14.0 Å². The number of hydrogen-bond acceptors (Lipinski definition) is 4. The van der Waals surface area contributed by atoms with Crippen LogP contribution in [0.4, 0.5) is 0 Å². The summed E-state index contributed by atoms with van der Waals surface area (Å²) in [5, 5.41) is 0. The maximum absolute atomic E-state index is 13.4. The molecule has 1 amide bonds. The molecule has 0 radical (unpaired) electrons. The lowest BCUT2D eigenvalue weighted by atomic mass is 10.0. The lowest BCUT2D eigenvalue weighted by Gasteiger charge is -2.26. The van der Waals surface area contributed by atoms with Gasteiger partial charge in [0.25, 0.3) is 0 Å². The van der Waals surface area contributed by atoms with Gasteiger partial charge >= 0.3 is 5.69 Å². The first-order valence-corrected chi connectivity index (χ1v) is 11.5. The van der Waals surface area contributed by atoms with Crippen LogP contribution in [0.1, 0.15) is 44.2 Å². The van der Waals surface area contributed by atoms with E-state index in [9.17, 15) is 9.59 Å². The molecule has 2 aromatic carbocycles. The quantitative estimate of drug-likeness (QED) is 0.612. The second-order valence-electron chi connectivity index (χ2n) is 8.51. The minimum atomic E-state index is -0.118. The number of fused-ring (bicyclic) bond motifs is 2. The summed E-state index contributed by atoms with van der Waals surface area (Å²) in [6.07, 6.45) is 3.56. The highest BCUT2D eigenvalue weighted by Gasteiger charge is 2.31. The van der Waals surface area contributed by atoms with Crippen molar-refractivity contribution in [2.75, 3.05) is 19.8 Å². The van der Waals surface area contributed by atoms with E-state index in [1.165, 1.54) is 0 Å². The highest BCUT2D eigenvalue weighted by atomic mass is 16.5. The molecule has 1 atom stereocenters. The normalized spacial score (nSPS) is 18.2. The fourth-order valence-corrected chi connectivity index (χ4v) is 4.89. The van der Waals surface area contributed by atoms with Gasteiger partial charge in [-0.05, 0) is 49.1 Å². The molecule has 0 N–H and O–H groups in total. The highest BCUT2D eigenvalue weighted by molar-refractivity contribution is 5.81. The fraction of sp³-hybridized carbons (Fsp3) is 0.440. The van der Waals surface area contributed by atoms with Crippen LogP contribution in [0.2, 0.25) is 0 Å². The van der Waals surface area contributed by atoms with Gasteiger partial charge < -0.3 is 14.4 Å². The van der Waals surface area contributed by atoms with Crippen LogP contribution >= 0.6 is 0 Å². The number of amides is 1. The third-order valence-corrected chi connectivity index (χ3v) is 6.40. The van der Waals surface area contributed by atoms with E-state index in [-0.39, 0.29) is 24.2 Å². The lowest BCUT2D eigenvalue weighted by Crippen LogP contribution is -2.36. The molecule has 0 bridgehead atoms. The van der Waals surface area contributed by atoms with Crippen LogP contribution in [-0.4, -0.2) is 39.7 Å². The number of nitrogens with zero attached hydrogens (tertiary/aromatic N) is 3. The largest absolute Gasteiger partial charge is 0.490 e. The topological polar surface area (TPSA) is 65.7 Å². The minimum Gasteiger partial charge on any atom is -0.490 e. The molecule has 0 spiro atoms. The molecular weight excluding hydrogens is 406 g/mol. The van der Waals surface area contributed by atoms with Gasteiger partial charge in [-0.2, -0.15) is 0 Å². The van der Waals surface area contributed by atoms with Gasteiger partial charge in [-0.25, -0.2) is 4.79 Å². The van der Waals surface area contributed by atoms with E-state index in [0.29, 0.717) is 26.3 Å². The number of carbonyl (C=O) groups excluding carboxylic acids is 1. The third kappa shape index (κ3) is 3.66. The number of para-hydroxylation sites is 2. The smallest absolute Gasteiger partial charge is 0.329 e. The minimum absolute atomic E-state index is 0.0145. The number of hydrogen-bond donors (Lipinski definition) is 0. The van der Waals surface area contributed by atoms with Gasteiger partial charge in [-0.15, -0.1) is 0 Å². The number of aromatic nitrogens is 2. The van der Waals surface area contributed by atoms with E-state index in [0.717, 1.165) is 53.8 Å². The Balaban J connectivity index is 1.42. The average Bonchev–Trinajstić information content (AvgIpc) is 3.30. The maximum atomic E-state index is 13.4. The van der Waals surface area contributed by atoms with Gasteiger partial charge in [0.15, 0.2) is 11.5 Å². The van der Waals surface area contributed by atoms with E-state index in [1.54, 1.807) is 9.13 Å². The monoisotopic (exact) mass is 435 g/mol. The Morgan fingerprint density at radius 3 is 2.53 bits per heavy atom. The second kappa shape index (κ2) is 8.73. The molecule has 32 heavy (non-hydrogen) atoms. The van der Waals surface area contributed by atoms with Crippen LogP contribution in [0.25, 0.3) is 11.0 Å². The zero-order valence-electron chi connectivity index (χ0n) is 18.5. The molecule has 5 rings (SSSR count). The predicted octanol–water partition coefficient (Wildman–Crippen LogP) is 3.74. The number of carbonyl (C=O) groups is 1. The van der Waals surface area contributed by atoms with Crippen molar-refractivity contribution in [2.45, 2.75) is 51.7 Å². The standard InChI is InChI=1S/C25H29N3O4/c1-2-12-27-20-7-3-4-8-21(20)28(25(27)30)17-24(29)26-13-5-9-19(26)18-10-11-22-23(16-18)32-15-6-14-31-22/h3-4,7-8,10-11,16,19H,2,5-6,9,12-15,17H2,1H3/t19-/m1/s1. The van der Waals surface area contributed by atoms with E-state index < -0.39 is 0 Å². The van der Waals surface area contributed by atoms with Crippen molar-refractivity contribution >= 4 is 16.9 Å². The molecule has 3 heterocycles. The predicted molar refractivity (Wildman–Crippen MR) is 122 cm³/mol. The molecule has 0 unspecified atom stereocenters. The summed E-state index contributed by atoms with van der Waals surface area (Å²) in [6.45, 7) is 4.73. The Kier molecular flexibility index (Phi) is 5.64. The second-order valence-corrected chi connectivity index (χ2v) is 8.51. The molecule has 168 valence electrons. The number of ether oxygens (including phenoxy) is 2. The van der Waals surface area contributed by atoms with Crippen LogP contribution in [0.15, 0.2) is 47.3 Å². The number of imidazole rings is 1. The molecule has 7 heteroatoms. The highest BCUT2D eigenvalue weighted by Crippen LogP contribution is 2.38. The van der Waals surface area contributed by atoms with Crippen LogP contribution < -0.4 is 15.2 Å². The Hall–Kier alpha value is -3.22. The molecule has 1 saturated heterocycles. The molecule has 3 aromatic rings. The molecular formula is C25H29N3O4. The summed E-state index contributed by atoms with van der Waals surface area (Å²) < 4.78 is 15.0. The molecule has 7 nitrogen and oxygen atoms in total. The molecule has 2 aliphatic heterocycles. The first kappa shape index (κ1) is 20.7. The van der Waals surface area contributed by atoms with Crippen molar-refractivity contribution in [3.63, 3.8) is 0 Å². The first-order valence-electron chi connectivity index (χ1n) is 11.5. The van der Waals surface area contributed by atoms with Crippen LogP contribution in [0.3, 0.4) is 0 Å². The zero-order chi connectivity index (χ0) is 22.1. The van der Waals surface area contributed by atoms with Gasteiger partial charge in [0, 0.05) is 19.5 Å². The Morgan fingerprint density at radius 2 is 1.75 bits per heavy atom. The summed E-state index contributed by atoms with van der Waals surface area (Å²) >= 11 is 0. The summed E-state index contributed by atoms with van der Waals surface area (Å²) in [6, 6.07) is 13.7. The van der Waals surface area contributed by atoms with E-state index in [4.69, 9.17) is 9.47 Å². The number of benzene rings is 2. The Labute approximate surface area is 187 Å². The Bertz CT molecular complexity index is 1200. The molecule has 0 aliphatic carbocycles. The molecule has 2 aliphatic rings. The number of rotatable bonds is 5. The molecule has 1 fully saturated rings. The van der Waals surface area contributed by atoms with Crippen molar-refractivity contribution < 1.29 is 14.3 Å². The lowest BCUT2D eigenvalue weighted by molar-refractivity contribution is -0.132. The van der Waals surface area contributed by atoms with Crippen molar-refractivity contribution in [3.8, 4) is 11.5 Å². The van der Waals surface area contributed by atoms with Crippen LogP contribution in [-0.2, 0) is 17.9 Å². The van der Waals surface area contributed by atoms with Gasteiger partial charge in [-0.1, -0.05) is 25.1 Å². The summed E-state index contributed by atoms with van der Waals surface area (Å²) in [5.41, 5.74) is 2.63. The summed E-state index contributed by atoms with van der Waals surface area (Å²) in [5.74, 6) is 1.48. The van der Waals surface area contributed by atoms with Crippen LogP contribution in [0, 0.1) is 0 Å². The van der Waals surface area contributed by atoms with E-state index >= 15 is 0 Å². The van der Waals surface area contributed by atoms with Gasteiger partial charge in [0.1, 0.15) is 6.54 Å². The average molecular weight is 436 g/mol. The third-order valence-electron chi connectivity index (χ3n) is 6.40. The van der Waals surface area contributed by atoms with Crippen molar-refractivity contribution in [1.29, 1.82) is 0 Å². The number of aryl methyl sites for hydroxylation is 1. The summed E-state index contributed by atoms with van der Waals surface area (Å²) in [7, 11) is 0. The van der Waals surface area contributed by atoms with Crippen molar-refractivity contribution in [2.24, 2.45) is 0 Å². The van der Waals surface area contributed by atoms with E-state index in [1.807, 2.05) is 54.3 Å². The van der Waals surface area contributed by atoms with Gasteiger partial charge in [0.2, 0.25) is 5.91 Å². The summed E-state index contributed by atoms with van der Waals surface area (Å²) in [4.78, 5) is 28.4. The van der Waals surface area contributed by atoms with Crippen LogP contribution in [0.5, 0.6) is 11.5 Å².